The maximum absolute atomic E-state index is 10.9. The minimum atomic E-state index is -2.00. The third-order valence-electron chi connectivity index (χ3n) is 3.01. The zero-order valence-corrected chi connectivity index (χ0v) is 13.0. The summed E-state index contributed by atoms with van der Waals surface area (Å²) in [6, 6.07) is 11.7. The Morgan fingerprint density at radius 2 is 2.00 bits per heavy atom. The molecule has 0 saturated carbocycles. The first-order valence-corrected chi connectivity index (χ1v) is 8.69. The quantitative estimate of drug-likeness (QED) is 0.739. The van der Waals surface area contributed by atoms with E-state index in [0.717, 1.165) is 16.0 Å². The van der Waals surface area contributed by atoms with Crippen LogP contribution >= 0.6 is 37.8 Å². The van der Waals surface area contributed by atoms with Crippen LogP contribution in [0.1, 0.15) is 11.1 Å². The van der Waals surface area contributed by atoms with E-state index in [1.165, 1.54) is 0 Å². The number of benzene rings is 1. The van der Waals surface area contributed by atoms with Gasteiger partial charge in [-0.25, -0.2) is 4.98 Å². The van der Waals surface area contributed by atoms with Crippen molar-refractivity contribution in [2.45, 2.75) is 10.6 Å². The maximum atomic E-state index is 10.9. The lowest BCUT2D eigenvalue weighted by molar-refractivity contribution is 0.633. The molecule has 2 nitrogen and oxygen atoms in total. The van der Waals surface area contributed by atoms with E-state index < -0.39 is 10.3 Å². The normalized spacial score (nSPS) is 23.9. The Morgan fingerprint density at radius 1 is 1.26 bits per heavy atom. The zero-order valence-electron chi connectivity index (χ0n) is 9.88. The van der Waals surface area contributed by atoms with Crippen LogP contribution < -0.4 is 0 Å². The number of nitrogens with zero attached hydrogens (tertiary/aromatic N) is 1. The van der Waals surface area contributed by atoms with Crippen LogP contribution in [0.25, 0.3) is 6.08 Å². The molecule has 2 aromatic rings. The summed E-state index contributed by atoms with van der Waals surface area (Å²) in [7, 11) is -2.00. The highest BCUT2D eigenvalue weighted by molar-refractivity contribution is 9.10. The number of halogens is 2. The predicted octanol–water partition coefficient (Wildman–Crippen LogP) is 5.32. The van der Waals surface area contributed by atoms with Crippen LogP contribution in [-0.2, 0) is 5.75 Å². The Labute approximate surface area is 126 Å². The average Bonchev–Trinajstić information content (AvgIpc) is 2.68. The second-order valence-corrected chi connectivity index (χ2v) is 7.98. The van der Waals surface area contributed by atoms with E-state index in [2.05, 4.69) is 20.9 Å². The minimum Gasteiger partial charge on any atom is -0.343 e. The van der Waals surface area contributed by atoms with Crippen molar-refractivity contribution in [3.63, 3.8) is 0 Å². The molecule has 1 unspecified atom stereocenters. The number of hydrogen-bond donors (Lipinski definition) is 1. The van der Waals surface area contributed by atoms with Crippen LogP contribution in [0.2, 0.25) is 5.15 Å². The molecule has 1 aromatic heterocycles. The fourth-order valence-electron chi connectivity index (χ4n) is 2.13. The Kier molecular flexibility index (Phi) is 3.43. The Morgan fingerprint density at radius 3 is 2.74 bits per heavy atom. The maximum Gasteiger partial charge on any atom is 0.131 e. The lowest BCUT2D eigenvalue weighted by atomic mass is 10.2. The van der Waals surface area contributed by atoms with Crippen molar-refractivity contribution < 1.29 is 4.55 Å². The molecule has 1 aliphatic rings. The van der Waals surface area contributed by atoms with Gasteiger partial charge in [0.05, 0.1) is 0 Å². The van der Waals surface area contributed by atoms with Gasteiger partial charge in [-0.2, -0.15) is 0 Å². The number of hydrogen-bond acceptors (Lipinski definition) is 2. The smallest absolute Gasteiger partial charge is 0.131 e. The van der Waals surface area contributed by atoms with Crippen LogP contribution in [0.5, 0.6) is 0 Å². The standard InChI is InChI=1S/C14H11BrClNOS/c15-14-11-6-7-19(18,12(11)8-13(16)17-14)9-10-4-2-1-3-5-10/h1-8,18H,9H2. The number of rotatable bonds is 2. The molecule has 0 aliphatic carbocycles. The summed E-state index contributed by atoms with van der Waals surface area (Å²) in [5.41, 5.74) is 2.04. The first kappa shape index (κ1) is 13.2. The molecule has 1 atom stereocenters. The van der Waals surface area contributed by atoms with Gasteiger partial charge < -0.3 is 4.55 Å². The van der Waals surface area contributed by atoms with Crippen molar-refractivity contribution in [3.05, 3.63) is 62.7 Å². The SMILES string of the molecule is OS1(Cc2ccccc2)C=Cc2c1cc(Cl)nc2Br. The van der Waals surface area contributed by atoms with E-state index in [4.69, 9.17) is 11.6 Å². The van der Waals surface area contributed by atoms with E-state index in [1.54, 1.807) is 6.07 Å². The van der Waals surface area contributed by atoms with Crippen molar-refractivity contribution in [1.29, 1.82) is 0 Å². The zero-order chi connectivity index (χ0) is 13.5. The third kappa shape index (κ3) is 2.46. The number of pyridine rings is 1. The monoisotopic (exact) mass is 355 g/mol. The summed E-state index contributed by atoms with van der Waals surface area (Å²) in [4.78, 5) is 5.03. The first-order chi connectivity index (χ1) is 9.08. The van der Waals surface area contributed by atoms with Crippen molar-refractivity contribution in [3.8, 4) is 0 Å². The first-order valence-electron chi connectivity index (χ1n) is 5.70. The van der Waals surface area contributed by atoms with Crippen LogP contribution in [0.3, 0.4) is 0 Å². The highest BCUT2D eigenvalue weighted by atomic mass is 79.9. The second-order valence-electron chi connectivity index (χ2n) is 4.33. The van der Waals surface area contributed by atoms with Gasteiger partial charge in [0.15, 0.2) is 0 Å². The molecule has 2 heterocycles. The van der Waals surface area contributed by atoms with Gasteiger partial charge in [-0.3, -0.25) is 0 Å². The van der Waals surface area contributed by atoms with E-state index in [1.807, 2.05) is 41.8 Å². The molecule has 0 amide bonds. The summed E-state index contributed by atoms with van der Waals surface area (Å²) < 4.78 is 11.6. The van der Waals surface area contributed by atoms with Gasteiger partial charge >= 0.3 is 0 Å². The molecule has 0 saturated heterocycles. The van der Waals surface area contributed by atoms with Crippen molar-refractivity contribution >= 4 is 43.9 Å². The summed E-state index contributed by atoms with van der Waals surface area (Å²) in [5, 5.41) is 2.28. The summed E-state index contributed by atoms with van der Waals surface area (Å²) in [6.45, 7) is 0. The summed E-state index contributed by atoms with van der Waals surface area (Å²) in [5.74, 6) is 0.601. The molecule has 0 bridgehead atoms. The van der Waals surface area contributed by atoms with Gasteiger partial charge in [0.1, 0.15) is 9.76 Å². The van der Waals surface area contributed by atoms with E-state index in [9.17, 15) is 4.55 Å². The van der Waals surface area contributed by atoms with Gasteiger partial charge in [0, 0.05) is 16.2 Å². The Balaban J connectivity index is 2.03. The highest BCUT2D eigenvalue weighted by Gasteiger charge is 2.30. The van der Waals surface area contributed by atoms with Crippen molar-refractivity contribution in [2.75, 3.05) is 0 Å². The minimum absolute atomic E-state index is 0.397. The van der Waals surface area contributed by atoms with Gasteiger partial charge in [-0.15, -0.1) is 0 Å². The van der Waals surface area contributed by atoms with E-state index in [-0.39, 0.29) is 0 Å². The molecule has 0 spiro atoms. The number of aromatic nitrogens is 1. The molecule has 1 aliphatic heterocycles. The third-order valence-corrected chi connectivity index (χ3v) is 6.27. The van der Waals surface area contributed by atoms with E-state index >= 15 is 0 Å². The summed E-state index contributed by atoms with van der Waals surface area (Å²) >= 11 is 9.38. The summed E-state index contributed by atoms with van der Waals surface area (Å²) in [6.07, 6.45) is 1.92. The Bertz CT molecular complexity index is 662. The van der Waals surface area contributed by atoms with Crippen LogP contribution in [0.15, 0.2) is 51.3 Å². The van der Waals surface area contributed by atoms with Gasteiger partial charge in [-0.05, 0) is 39.0 Å². The molecule has 3 rings (SSSR count). The van der Waals surface area contributed by atoms with Gasteiger partial charge in [-0.1, -0.05) is 52.2 Å². The lowest BCUT2D eigenvalue weighted by Gasteiger charge is -2.28. The average molecular weight is 357 g/mol. The molecule has 0 fully saturated rings. The van der Waals surface area contributed by atoms with Crippen LogP contribution in [-0.4, -0.2) is 9.54 Å². The van der Waals surface area contributed by atoms with Crippen molar-refractivity contribution in [2.24, 2.45) is 0 Å². The predicted molar refractivity (Wildman–Crippen MR) is 84.6 cm³/mol. The highest BCUT2D eigenvalue weighted by Crippen LogP contribution is 2.62. The van der Waals surface area contributed by atoms with Crippen molar-refractivity contribution in [1.82, 2.24) is 4.98 Å². The molecule has 5 heteroatoms. The topological polar surface area (TPSA) is 33.1 Å². The largest absolute Gasteiger partial charge is 0.343 e. The van der Waals surface area contributed by atoms with Crippen LogP contribution in [0, 0.1) is 0 Å². The molecule has 1 N–H and O–H groups in total. The number of fused-ring (bicyclic) bond motifs is 1. The molecule has 0 radical (unpaired) electrons. The lowest BCUT2D eigenvalue weighted by Crippen LogP contribution is -2.00. The van der Waals surface area contributed by atoms with Crippen LogP contribution in [0.4, 0.5) is 0 Å². The van der Waals surface area contributed by atoms with E-state index in [0.29, 0.717) is 15.5 Å². The molecule has 1 aromatic carbocycles. The van der Waals surface area contributed by atoms with Gasteiger partial charge in [0.25, 0.3) is 0 Å². The molecule has 98 valence electrons. The fourth-order valence-corrected chi connectivity index (χ4v) is 5.48. The molecular formula is C14H11BrClNOS. The Hall–Kier alpha value is -0.810. The van der Waals surface area contributed by atoms with Gasteiger partial charge in [0.2, 0.25) is 0 Å². The second kappa shape index (κ2) is 4.94. The molecule has 19 heavy (non-hydrogen) atoms. The fraction of sp³-hybridized carbons (Fsp3) is 0.0714. The molecular weight excluding hydrogens is 346 g/mol.